The molecule has 4 nitrogen and oxygen atoms in total. The fourth-order valence-corrected chi connectivity index (χ4v) is 1.17. The van der Waals surface area contributed by atoms with Gasteiger partial charge in [-0.05, 0) is 19.4 Å². The van der Waals surface area contributed by atoms with Crippen molar-refractivity contribution < 1.29 is 0 Å². The first-order chi connectivity index (χ1) is 6.77. The Bertz CT molecular complexity index is 306. The summed E-state index contributed by atoms with van der Waals surface area (Å²) in [6, 6.07) is 0. The highest BCUT2D eigenvalue weighted by molar-refractivity contribution is 6.25. The molecule has 14 heavy (non-hydrogen) atoms. The van der Waals surface area contributed by atoms with Crippen LogP contribution in [0.1, 0.15) is 19.7 Å². The molecule has 78 valence electrons. The minimum Gasteiger partial charge on any atom is -0.317 e. The summed E-state index contributed by atoms with van der Waals surface area (Å²) in [5.74, 6) is 0.954. The van der Waals surface area contributed by atoms with Gasteiger partial charge in [-0.25, -0.2) is 0 Å². The van der Waals surface area contributed by atoms with Gasteiger partial charge in [-0.3, -0.25) is 0 Å². The Labute approximate surface area is 89.0 Å². The van der Waals surface area contributed by atoms with E-state index in [1.165, 1.54) is 0 Å². The molecular weight excluding hydrogens is 200 g/mol. The van der Waals surface area contributed by atoms with Crippen LogP contribution in [0.15, 0.2) is 17.4 Å². The minimum absolute atomic E-state index is 0.718. The zero-order chi connectivity index (χ0) is 10.4. The molecule has 0 radical (unpaired) electrons. The second-order valence-corrected chi connectivity index (χ2v) is 3.31. The highest BCUT2D eigenvalue weighted by Crippen LogP contribution is 1.96. The van der Waals surface area contributed by atoms with E-state index in [0.29, 0.717) is 0 Å². The van der Waals surface area contributed by atoms with Crippen LogP contribution in [-0.2, 0) is 13.1 Å². The largest absolute Gasteiger partial charge is 0.317 e. The number of aromatic nitrogens is 3. The van der Waals surface area contributed by atoms with Gasteiger partial charge in [0.25, 0.3) is 0 Å². The number of nitrogens with one attached hydrogen (secondary N) is 1. The summed E-state index contributed by atoms with van der Waals surface area (Å²) < 4.78 is 2.01. The maximum atomic E-state index is 5.54. The Balaban J connectivity index is 2.38. The van der Waals surface area contributed by atoms with Crippen molar-refractivity contribution >= 4 is 11.6 Å². The van der Waals surface area contributed by atoms with Crippen molar-refractivity contribution in [2.75, 3.05) is 6.54 Å². The summed E-state index contributed by atoms with van der Waals surface area (Å²) in [5.41, 5.74) is 2.69. The van der Waals surface area contributed by atoms with E-state index in [2.05, 4.69) is 22.4 Å². The molecule has 1 aromatic rings. The first kappa shape index (κ1) is 11.2. The zero-order valence-corrected chi connectivity index (χ0v) is 9.25. The lowest BCUT2D eigenvalue weighted by atomic mass is 10.3. The lowest BCUT2D eigenvalue weighted by Crippen LogP contribution is -2.18. The molecule has 1 heterocycles. The van der Waals surface area contributed by atoms with Crippen LogP contribution in [0.25, 0.3) is 0 Å². The third-order valence-corrected chi connectivity index (χ3v) is 2.28. The molecule has 0 amide bonds. The molecule has 1 N–H and O–H groups in total. The normalized spacial score (nSPS) is 12.1. The van der Waals surface area contributed by atoms with E-state index in [0.717, 1.165) is 31.0 Å². The molecule has 0 saturated carbocycles. The Kier molecular flexibility index (Phi) is 4.62. The maximum Gasteiger partial charge on any atom is 0.146 e. The second-order valence-electron chi connectivity index (χ2n) is 3.09. The van der Waals surface area contributed by atoms with Gasteiger partial charge < -0.3 is 9.88 Å². The predicted molar refractivity (Wildman–Crippen MR) is 57.0 cm³/mol. The highest BCUT2D eigenvalue weighted by Gasteiger charge is 2.00. The fraction of sp³-hybridized carbons (Fsp3) is 0.556. The van der Waals surface area contributed by atoms with Crippen molar-refractivity contribution in [2.24, 2.45) is 0 Å². The summed E-state index contributed by atoms with van der Waals surface area (Å²) >= 11 is 5.54. The first-order valence-electron chi connectivity index (χ1n) is 4.61. The summed E-state index contributed by atoms with van der Waals surface area (Å²) in [5, 5.41) is 11.1. The molecule has 0 saturated heterocycles. The van der Waals surface area contributed by atoms with Crippen LogP contribution in [-0.4, -0.2) is 21.3 Å². The van der Waals surface area contributed by atoms with Gasteiger partial charge in [0.1, 0.15) is 12.2 Å². The van der Waals surface area contributed by atoms with Crippen LogP contribution < -0.4 is 5.32 Å². The zero-order valence-electron chi connectivity index (χ0n) is 8.50. The Hall–Kier alpha value is -0.870. The van der Waals surface area contributed by atoms with Crippen LogP contribution in [0.5, 0.6) is 0 Å². The van der Waals surface area contributed by atoms with Crippen molar-refractivity contribution in [1.82, 2.24) is 20.1 Å². The Morgan fingerprint density at radius 2 is 2.50 bits per heavy atom. The van der Waals surface area contributed by atoms with Crippen LogP contribution in [0.4, 0.5) is 0 Å². The van der Waals surface area contributed by atoms with Crippen molar-refractivity contribution in [3.8, 4) is 0 Å². The van der Waals surface area contributed by atoms with Crippen molar-refractivity contribution in [1.29, 1.82) is 0 Å². The Morgan fingerprint density at radius 3 is 3.14 bits per heavy atom. The molecule has 1 aromatic heterocycles. The van der Waals surface area contributed by atoms with E-state index in [1.54, 1.807) is 11.9 Å². The highest BCUT2D eigenvalue weighted by atomic mass is 35.5. The quantitative estimate of drug-likeness (QED) is 0.809. The Morgan fingerprint density at radius 1 is 1.71 bits per heavy atom. The third kappa shape index (κ3) is 3.12. The smallest absolute Gasteiger partial charge is 0.146 e. The van der Waals surface area contributed by atoms with Crippen molar-refractivity contribution in [2.45, 2.75) is 26.9 Å². The SMILES string of the molecule is CCn1cnnc1CNCC(C)=CCl. The van der Waals surface area contributed by atoms with Crippen LogP contribution >= 0.6 is 11.6 Å². The van der Waals surface area contributed by atoms with Gasteiger partial charge in [0.15, 0.2) is 0 Å². The number of hydrogen-bond acceptors (Lipinski definition) is 3. The number of nitrogens with zero attached hydrogens (tertiary/aromatic N) is 3. The van der Waals surface area contributed by atoms with E-state index in [9.17, 15) is 0 Å². The summed E-state index contributed by atoms with van der Waals surface area (Å²) in [6.45, 7) is 6.44. The van der Waals surface area contributed by atoms with Gasteiger partial charge in [0.05, 0.1) is 6.54 Å². The van der Waals surface area contributed by atoms with Gasteiger partial charge in [-0.15, -0.1) is 10.2 Å². The van der Waals surface area contributed by atoms with Crippen molar-refractivity contribution in [3.63, 3.8) is 0 Å². The predicted octanol–water partition coefficient (Wildman–Crippen LogP) is 1.53. The van der Waals surface area contributed by atoms with Gasteiger partial charge in [0, 0.05) is 18.6 Å². The van der Waals surface area contributed by atoms with Crippen LogP contribution in [0, 0.1) is 0 Å². The average molecular weight is 215 g/mol. The van der Waals surface area contributed by atoms with Gasteiger partial charge in [-0.1, -0.05) is 11.6 Å². The van der Waals surface area contributed by atoms with Crippen molar-refractivity contribution in [3.05, 3.63) is 23.3 Å². The molecule has 0 atom stereocenters. The molecule has 5 heteroatoms. The maximum absolute atomic E-state index is 5.54. The fourth-order valence-electron chi connectivity index (χ4n) is 1.09. The van der Waals surface area contributed by atoms with Crippen LogP contribution in [0.2, 0.25) is 0 Å². The number of halogens is 1. The molecule has 0 bridgehead atoms. The van der Waals surface area contributed by atoms with E-state index < -0.39 is 0 Å². The number of rotatable bonds is 5. The van der Waals surface area contributed by atoms with E-state index in [4.69, 9.17) is 11.6 Å². The first-order valence-corrected chi connectivity index (χ1v) is 5.04. The second kappa shape index (κ2) is 5.78. The minimum atomic E-state index is 0.718. The lowest BCUT2D eigenvalue weighted by Gasteiger charge is -2.04. The molecule has 1 rings (SSSR count). The molecule has 0 spiro atoms. The number of hydrogen-bond donors (Lipinski definition) is 1. The molecule has 0 unspecified atom stereocenters. The summed E-state index contributed by atoms with van der Waals surface area (Å²) in [7, 11) is 0. The van der Waals surface area contributed by atoms with E-state index in [-0.39, 0.29) is 0 Å². The standard InChI is InChI=1S/C9H15ClN4/c1-3-14-7-12-13-9(14)6-11-5-8(2)4-10/h4,7,11H,3,5-6H2,1-2H3. The average Bonchev–Trinajstić information content (AvgIpc) is 2.65. The molecule has 0 aliphatic rings. The number of aryl methyl sites for hydroxylation is 1. The van der Waals surface area contributed by atoms with Gasteiger partial charge >= 0.3 is 0 Å². The summed E-state index contributed by atoms with van der Waals surface area (Å²) in [6.07, 6.45) is 1.74. The molecular formula is C9H15ClN4. The third-order valence-electron chi connectivity index (χ3n) is 1.91. The van der Waals surface area contributed by atoms with E-state index in [1.807, 2.05) is 11.5 Å². The van der Waals surface area contributed by atoms with Gasteiger partial charge in [-0.2, -0.15) is 0 Å². The topological polar surface area (TPSA) is 42.7 Å². The molecule has 0 aliphatic carbocycles. The molecule has 0 aromatic carbocycles. The molecule has 0 fully saturated rings. The molecule has 0 aliphatic heterocycles. The lowest BCUT2D eigenvalue weighted by molar-refractivity contribution is 0.634. The monoisotopic (exact) mass is 214 g/mol. The summed E-state index contributed by atoms with van der Waals surface area (Å²) in [4.78, 5) is 0. The van der Waals surface area contributed by atoms with E-state index >= 15 is 0 Å². The van der Waals surface area contributed by atoms with Crippen LogP contribution in [0.3, 0.4) is 0 Å². The van der Waals surface area contributed by atoms with Gasteiger partial charge in [0.2, 0.25) is 0 Å².